The van der Waals surface area contributed by atoms with Gasteiger partial charge in [-0.3, -0.25) is 29.9 Å². The number of non-ortho nitro benzene ring substituents is 2. The molecule has 0 aliphatic rings. The maximum atomic E-state index is 14.2. The number of amides is 1. The van der Waals surface area contributed by atoms with Crippen molar-refractivity contribution in [2.45, 2.75) is 13.8 Å². The van der Waals surface area contributed by atoms with Crippen molar-refractivity contribution in [3.05, 3.63) is 67.8 Å². The smallest absolute Gasteiger partial charge is 0.277 e. The molecule has 0 aliphatic carbocycles. The Balaban J connectivity index is 0.00000408. The van der Waals surface area contributed by atoms with Gasteiger partial charge in [0.05, 0.1) is 26.2 Å². The van der Waals surface area contributed by atoms with Crippen LogP contribution in [0.15, 0.2) is 30.3 Å². The Bertz CT molecular complexity index is 1210. The lowest BCUT2D eigenvalue weighted by atomic mass is 10.1. The molecule has 1 amide bonds. The molecule has 1 aromatic heterocycles. The second-order valence-electron chi connectivity index (χ2n) is 6.97. The van der Waals surface area contributed by atoms with Crippen LogP contribution in [0.4, 0.5) is 25.3 Å². The van der Waals surface area contributed by atoms with E-state index in [-0.39, 0.29) is 39.9 Å². The normalized spacial score (nSPS) is 10.9. The largest absolute Gasteiger partial charge is 0.302 e. The minimum Gasteiger partial charge on any atom is -0.302 e. The lowest BCUT2D eigenvalue weighted by Gasteiger charge is -2.24. The number of nitro benzene ring substituents is 2. The lowest BCUT2D eigenvalue weighted by Crippen LogP contribution is -2.39. The fraction of sp³-hybridized carbons (Fsp3) is 0.300. The van der Waals surface area contributed by atoms with Crippen molar-refractivity contribution in [3.8, 4) is 0 Å². The Morgan fingerprint density at radius 3 is 2.12 bits per heavy atom. The molecule has 0 spiro atoms. The number of halogens is 3. The molecule has 2 aromatic carbocycles. The highest BCUT2D eigenvalue weighted by Gasteiger charge is 2.27. The summed E-state index contributed by atoms with van der Waals surface area (Å²) in [5.74, 6) is -2.48. The van der Waals surface area contributed by atoms with Gasteiger partial charge in [0, 0.05) is 31.3 Å². The van der Waals surface area contributed by atoms with Crippen molar-refractivity contribution >= 4 is 56.4 Å². The van der Waals surface area contributed by atoms with Crippen LogP contribution in [-0.4, -0.2) is 51.8 Å². The Morgan fingerprint density at radius 2 is 1.59 bits per heavy atom. The summed E-state index contributed by atoms with van der Waals surface area (Å²) < 4.78 is 28.0. The van der Waals surface area contributed by atoms with Crippen LogP contribution in [0.5, 0.6) is 0 Å². The summed E-state index contributed by atoms with van der Waals surface area (Å²) in [4.78, 5) is 41.5. The van der Waals surface area contributed by atoms with E-state index in [4.69, 9.17) is 0 Å². The van der Waals surface area contributed by atoms with Crippen LogP contribution < -0.4 is 4.90 Å². The molecule has 3 aromatic rings. The van der Waals surface area contributed by atoms with Gasteiger partial charge in [-0.15, -0.1) is 12.4 Å². The van der Waals surface area contributed by atoms with Crippen molar-refractivity contribution in [2.75, 3.05) is 31.1 Å². The van der Waals surface area contributed by atoms with E-state index in [1.165, 1.54) is 4.90 Å². The zero-order chi connectivity index (χ0) is 24.3. The zero-order valence-corrected chi connectivity index (χ0v) is 19.7. The number of fused-ring (bicyclic) bond motifs is 1. The predicted molar refractivity (Wildman–Crippen MR) is 126 cm³/mol. The van der Waals surface area contributed by atoms with Crippen molar-refractivity contribution < 1.29 is 23.4 Å². The molecular weight excluding hydrogens is 496 g/mol. The SMILES string of the molecule is CCN(CC)CCN(C(=O)c1cc([N+](=O)[O-])cc([N+](=O)[O-])c1)c1nc2c(F)cc(F)cc2s1.Cl. The maximum Gasteiger partial charge on any atom is 0.277 e. The van der Waals surface area contributed by atoms with E-state index in [2.05, 4.69) is 4.98 Å². The number of likely N-dealkylation sites (N-methyl/N-ethyl adjacent to an activating group) is 1. The summed E-state index contributed by atoms with van der Waals surface area (Å²) in [6.45, 7) is 5.68. The second kappa shape index (κ2) is 11.2. The fourth-order valence-electron chi connectivity index (χ4n) is 3.21. The Morgan fingerprint density at radius 1 is 1.00 bits per heavy atom. The molecule has 0 saturated heterocycles. The van der Waals surface area contributed by atoms with Gasteiger partial charge in [0.25, 0.3) is 17.3 Å². The van der Waals surface area contributed by atoms with Gasteiger partial charge in [-0.2, -0.15) is 0 Å². The molecule has 10 nitrogen and oxygen atoms in total. The Labute approximate surface area is 202 Å². The molecule has 0 bridgehead atoms. The van der Waals surface area contributed by atoms with E-state index in [1.807, 2.05) is 18.7 Å². The number of thiazole rings is 1. The number of carbonyl (C=O) groups is 1. The fourth-order valence-corrected chi connectivity index (χ4v) is 4.24. The number of aromatic nitrogens is 1. The number of anilines is 1. The highest BCUT2D eigenvalue weighted by molar-refractivity contribution is 7.22. The van der Waals surface area contributed by atoms with Gasteiger partial charge >= 0.3 is 0 Å². The average Bonchev–Trinajstić information content (AvgIpc) is 3.20. The third-order valence-electron chi connectivity index (χ3n) is 4.98. The predicted octanol–water partition coefficient (Wildman–Crippen LogP) is 4.80. The molecule has 0 atom stereocenters. The van der Waals surface area contributed by atoms with Crippen LogP contribution in [-0.2, 0) is 0 Å². The zero-order valence-electron chi connectivity index (χ0n) is 18.1. The third-order valence-corrected chi connectivity index (χ3v) is 6.01. The number of nitrogens with zero attached hydrogens (tertiary/aromatic N) is 5. The van der Waals surface area contributed by atoms with Crippen LogP contribution in [0, 0.1) is 31.9 Å². The van der Waals surface area contributed by atoms with Gasteiger partial charge in [0.15, 0.2) is 10.9 Å². The van der Waals surface area contributed by atoms with E-state index in [0.717, 1.165) is 35.6 Å². The van der Waals surface area contributed by atoms with Gasteiger partial charge in [-0.1, -0.05) is 25.2 Å². The molecule has 0 aliphatic heterocycles. The number of nitro groups is 2. The van der Waals surface area contributed by atoms with Crippen molar-refractivity contribution in [1.82, 2.24) is 9.88 Å². The average molecular weight is 516 g/mol. The quantitative estimate of drug-likeness (QED) is 0.296. The topological polar surface area (TPSA) is 123 Å². The molecule has 1 heterocycles. The first-order valence-corrected chi connectivity index (χ1v) is 10.7. The molecule has 0 N–H and O–H groups in total. The van der Waals surface area contributed by atoms with E-state index < -0.39 is 38.8 Å². The van der Waals surface area contributed by atoms with Gasteiger partial charge in [0.2, 0.25) is 0 Å². The van der Waals surface area contributed by atoms with Crippen LogP contribution >= 0.6 is 23.7 Å². The highest BCUT2D eigenvalue weighted by Crippen LogP contribution is 2.33. The molecule has 3 rings (SSSR count). The first-order valence-electron chi connectivity index (χ1n) is 9.88. The Kier molecular flexibility index (Phi) is 8.90. The standard InChI is InChI=1S/C20H19F2N5O5S.ClH/c1-3-24(4-2)5-6-25(20-23-18-16(22)9-13(21)10-17(18)33-20)19(28)12-7-14(26(29)30)11-15(8-12)27(31)32;/h7-11H,3-6H2,1-2H3;1H. The summed E-state index contributed by atoms with van der Waals surface area (Å²) in [7, 11) is 0. The second-order valence-corrected chi connectivity index (χ2v) is 7.98. The number of hydrogen-bond donors (Lipinski definition) is 0. The van der Waals surface area contributed by atoms with Crippen molar-refractivity contribution in [1.29, 1.82) is 0 Å². The summed E-state index contributed by atoms with van der Waals surface area (Å²) in [5.41, 5.74) is -1.65. The summed E-state index contributed by atoms with van der Waals surface area (Å²) >= 11 is 0.872. The minimum absolute atomic E-state index is 0. The molecule has 34 heavy (non-hydrogen) atoms. The van der Waals surface area contributed by atoms with E-state index >= 15 is 0 Å². The van der Waals surface area contributed by atoms with Gasteiger partial charge in [-0.25, -0.2) is 13.8 Å². The van der Waals surface area contributed by atoms with Crippen LogP contribution in [0.1, 0.15) is 24.2 Å². The molecular formula is C20H20ClF2N5O5S. The number of hydrogen-bond acceptors (Lipinski definition) is 8. The molecule has 0 unspecified atom stereocenters. The first kappa shape index (κ1) is 27.0. The molecule has 0 fully saturated rings. The first-order chi connectivity index (χ1) is 15.6. The maximum absolute atomic E-state index is 14.2. The minimum atomic E-state index is -0.894. The monoisotopic (exact) mass is 515 g/mol. The van der Waals surface area contributed by atoms with Crippen molar-refractivity contribution in [2.24, 2.45) is 0 Å². The Hall–Kier alpha value is -3.29. The van der Waals surface area contributed by atoms with E-state index in [9.17, 15) is 33.8 Å². The van der Waals surface area contributed by atoms with E-state index in [0.29, 0.717) is 25.7 Å². The van der Waals surface area contributed by atoms with Crippen molar-refractivity contribution in [3.63, 3.8) is 0 Å². The lowest BCUT2D eigenvalue weighted by molar-refractivity contribution is -0.394. The molecule has 182 valence electrons. The van der Waals surface area contributed by atoms with Crippen LogP contribution in [0.3, 0.4) is 0 Å². The number of carbonyl (C=O) groups excluding carboxylic acids is 1. The number of rotatable bonds is 9. The van der Waals surface area contributed by atoms with Gasteiger partial charge in [-0.05, 0) is 19.2 Å². The molecule has 0 saturated carbocycles. The van der Waals surface area contributed by atoms with Gasteiger partial charge < -0.3 is 4.90 Å². The third kappa shape index (κ3) is 5.79. The van der Waals surface area contributed by atoms with Gasteiger partial charge in [0.1, 0.15) is 11.3 Å². The summed E-state index contributed by atoms with van der Waals surface area (Å²) in [6, 6.07) is 4.40. The van der Waals surface area contributed by atoms with Crippen LogP contribution in [0.25, 0.3) is 10.2 Å². The summed E-state index contributed by atoms with van der Waals surface area (Å²) in [5, 5.41) is 22.5. The van der Waals surface area contributed by atoms with E-state index in [1.54, 1.807) is 0 Å². The highest BCUT2D eigenvalue weighted by atomic mass is 35.5. The number of benzene rings is 2. The molecule has 0 radical (unpaired) electrons. The van der Waals surface area contributed by atoms with Crippen LogP contribution in [0.2, 0.25) is 0 Å². The molecule has 14 heteroatoms. The summed E-state index contributed by atoms with van der Waals surface area (Å²) in [6.07, 6.45) is 0.